The van der Waals surface area contributed by atoms with Gasteiger partial charge in [0, 0.05) is 18.3 Å². The monoisotopic (exact) mass is 400 g/mol. The minimum absolute atomic E-state index is 0.130. The molecule has 0 bridgehead atoms. The van der Waals surface area contributed by atoms with Crippen LogP contribution >= 0.6 is 11.6 Å². The van der Waals surface area contributed by atoms with E-state index in [0.717, 1.165) is 36.2 Å². The molecule has 8 heteroatoms. The van der Waals surface area contributed by atoms with Gasteiger partial charge in [-0.3, -0.25) is 0 Å². The Morgan fingerprint density at radius 1 is 1.15 bits per heavy atom. The molecule has 0 spiro atoms. The van der Waals surface area contributed by atoms with Crippen LogP contribution in [-0.4, -0.2) is 17.0 Å². The van der Waals surface area contributed by atoms with Gasteiger partial charge in [-0.25, -0.2) is 9.97 Å². The van der Waals surface area contributed by atoms with E-state index >= 15 is 0 Å². The molecule has 0 unspecified atom stereocenters. The summed E-state index contributed by atoms with van der Waals surface area (Å²) in [6.45, 7) is 5.84. The Hall–Kier alpha value is -2.02. The van der Waals surface area contributed by atoms with Crippen LogP contribution in [0.3, 0.4) is 0 Å². The van der Waals surface area contributed by atoms with E-state index in [1.54, 1.807) is 20.0 Å². The number of hydrogen-bond donors (Lipinski definition) is 2. The van der Waals surface area contributed by atoms with E-state index in [0.29, 0.717) is 23.5 Å². The fraction of sp³-hybridized carbons (Fsp3) is 0.474. The van der Waals surface area contributed by atoms with Crippen LogP contribution in [0.2, 0.25) is 5.28 Å². The number of benzene rings is 1. The molecule has 27 heavy (non-hydrogen) atoms. The van der Waals surface area contributed by atoms with Gasteiger partial charge in [-0.2, -0.15) is 13.2 Å². The summed E-state index contributed by atoms with van der Waals surface area (Å²) in [6.07, 6.45) is -2.04. The second kappa shape index (κ2) is 8.78. The highest BCUT2D eigenvalue weighted by molar-refractivity contribution is 6.28. The summed E-state index contributed by atoms with van der Waals surface area (Å²) in [5.41, 5.74) is 2.02. The molecule has 1 aromatic heterocycles. The molecule has 0 saturated carbocycles. The van der Waals surface area contributed by atoms with Gasteiger partial charge in [-0.15, -0.1) is 0 Å². The van der Waals surface area contributed by atoms with Crippen molar-refractivity contribution < 1.29 is 13.2 Å². The largest absolute Gasteiger partial charge is 0.416 e. The zero-order valence-electron chi connectivity index (χ0n) is 15.8. The molecule has 1 aromatic carbocycles. The van der Waals surface area contributed by atoms with Crippen LogP contribution in [0.1, 0.15) is 55.6 Å². The first-order valence-corrected chi connectivity index (χ1v) is 9.29. The Morgan fingerprint density at radius 2 is 1.85 bits per heavy atom. The van der Waals surface area contributed by atoms with Gasteiger partial charge >= 0.3 is 6.18 Å². The molecule has 0 radical (unpaired) electrons. The van der Waals surface area contributed by atoms with Crippen LogP contribution in [-0.2, 0) is 19.0 Å². The number of aryl methyl sites for hydroxylation is 1. The minimum Gasteiger partial charge on any atom is -0.388 e. The summed E-state index contributed by atoms with van der Waals surface area (Å²) in [5, 5.41) is 6.13. The van der Waals surface area contributed by atoms with Gasteiger partial charge in [-0.1, -0.05) is 20.3 Å². The molecule has 0 aliphatic carbocycles. The molecule has 0 amide bonds. The summed E-state index contributed by atoms with van der Waals surface area (Å²) in [6, 6.07) is 3.54. The van der Waals surface area contributed by atoms with Crippen LogP contribution in [0, 0.1) is 0 Å². The summed E-state index contributed by atoms with van der Waals surface area (Å²) in [4.78, 5) is 8.58. The van der Waals surface area contributed by atoms with Crippen molar-refractivity contribution in [3.05, 3.63) is 45.9 Å². The van der Waals surface area contributed by atoms with Crippen LogP contribution in [0.15, 0.2) is 18.2 Å². The van der Waals surface area contributed by atoms with E-state index in [1.165, 1.54) is 0 Å². The summed E-state index contributed by atoms with van der Waals surface area (Å²) in [5.74, 6) is 0.567. The average Bonchev–Trinajstić information content (AvgIpc) is 2.60. The number of anilines is 2. The van der Waals surface area contributed by atoms with E-state index in [9.17, 15) is 13.2 Å². The quantitative estimate of drug-likeness (QED) is 0.570. The molecule has 1 atom stereocenters. The topological polar surface area (TPSA) is 49.8 Å². The Balaban J connectivity index is 2.41. The Morgan fingerprint density at radius 3 is 2.41 bits per heavy atom. The van der Waals surface area contributed by atoms with Gasteiger partial charge in [0.15, 0.2) is 0 Å². The third kappa shape index (κ3) is 5.25. The molecule has 0 fully saturated rings. The van der Waals surface area contributed by atoms with Crippen molar-refractivity contribution in [1.29, 1.82) is 0 Å². The summed E-state index contributed by atoms with van der Waals surface area (Å²) >= 11 is 6.06. The normalized spacial score (nSPS) is 12.7. The van der Waals surface area contributed by atoms with E-state index in [1.807, 2.05) is 13.8 Å². The van der Waals surface area contributed by atoms with Gasteiger partial charge in [0.05, 0.1) is 17.3 Å². The first-order valence-electron chi connectivity index (χ1n) is 8.91. The fourth-order valence-electron chi connectivity index (χ4n) is 2.93. The van der Waals surface area contributed by atoms with Crippen molar-refractivity contribution in [2.24, 2.45) is 0 Å². The Kier molecular flexibility index (Phi) is 6.92. The highest BCUT2D eigenvalue weighted by Crippen LogP contribution is 2.34. The standard InChI is InChI=1S/C19H24ClF3N4/c1-5-7-16-15(6-2)17(27-18(20)26-16)25-11(3)12-8-13(19(21,22)23)10-14(9-12)24-4/h8-11,24H,5-7H2,1-4H3,(H,25,26,27)/t11-/m1/s1. The number of rotatable bonds is 7. The van der Waals surface area contributed by atoms with E-state index < -0.39 is 17.8 Å². The maximum absolute atomic E-state index is 13.2. The van der Waals surface area contributed by atoms with E-state index in [-0.39, 0.29) is 5.28 Å². The van der Waals surface area contributed by atoms with Gasteiger partial charge < -0.3 is 10.6 Å². The molecule has 148 valence electrons. The molecule has 0 aliphatic rings. The van der Waals surface area contributed by atoms with Gasteiger partial charge in [-0.05, 0) is 55.1 Å². The van der Waals surface area contributed by atoms with Crippen LogP contribution in [0.5, 0.6) is 0 Å². The van der Waals surface area contributed by atoms with E-state index in [2.05, 4.69) is 20.6 Å². The lowest BCUT2D eigenvalue weighted by atomic mass is 10.0. The van der Waals surface area contributed by atoms with Gasteiger partial charge in [0.25, 0.3) is 0 Å². The van der Waals surface area contributed by atoms with Crippen LogP contribution in [0.4, 0.5) is 24.7 Å². The highest BCUT2D eigenvalue weighted by Gasteiger charge is 2.31. The average molecular weight is 401 g/mol. The van der Waals surface area contributed by atoms with Crippen molar-refractivity contribution in [3.8, 4) is 0 Å². The number of alkyl halides is 3. The molecule has 2 N–H and O–H groups in total. The molecule has 0 aliphatic heterocycles. The second-order valence-corrected chi connectivity index (χ2v) is 6.67. The zero-order valence-corrected chi connectivity index (χ0v) is 16.6. The molecular formula is C19H24ClF3N4. The Labute approximate surface area is 162 Å². The summed E-state index contributed by atoms with van der Waals surface area (Å²) in [7, 11) is 1.59. The third-order valence-electron chi connectivity index (χ3n) is 4.33. The molecular weight excluding hydrogens is 377 g/mol. The lowest BCUT2D eigenvalue weighted by Gasteiger charge is -2.21. The number of nitrogens with zero attached hydrogens (tertiary/aromatic N) is 2. The first-order chi connectivity index (χ1) is 12.7. The van der Waals surface area contributed by atoms with Crippen molar-refractivity contribution in [2.75, 3.05) is 17.7 Å². The number of halogens is 4. The fourth-order valence-corrected chi connectivity index (χ4v) is 3.12. The van der Waals surface area contributed by atoms with Crippen molar-refractivity contribution in [2.45, 2.75) is 52.3 Å². The van der Waals surface area contributed by atoms with Crippen LogP contribution < -0.4 is 10.6 Å². The number of hydrogen-bond acceptors (Lipinski definition) is 4. The number of nitrogens with one attached hydrogen (secondary N) is 2. The predicted molar refractivity (Wildman–Crippen MR) is 103 cm³/mol. The van der Waals surface area contributed by atoms with Gasteiger partial charge in [0.2, 0.25) is 5.28 Å². The Bertz CT molecular complexity index is 793. The van der Waals surface area contributed by atoms with Crippen molar-refractivity contribution in [3.63, 3.8) is 0 Å². The molecule has 2 aromatic rings. The van der Waals surface area contributed by atoms with Gasteiger partial charge in [0.1, 0.15) is 5.82 Å². The maximum atomic E-state index is 13.2. The van der Waals surface area contributed by atoms with E-state index in [4.69, 9.17) is 11.6 Å². The lowest BCUT2D eigenvalue weighted by molar-refractivity contribution is -0.137. The second-order valence-electron chi connectivity index (χ2n) is 6.33. The maximum Gasteiger partial charge on any atom is 0.416 e. The van der Waals surface area contributed by atoms with Crippen LogP contribution in [0.25, 0.3) is 0 Å². The SMILES string of the molecule is CCCc1nc(Cl)nc(N[C@H](C)c2cc(NC)cc(C(F)(F)F)c2)c1CC. The molecule has 2 rings (SSSR count). The predicted octanol–water partition coefficient (Wildman–Crippen LogP) is 5.88. The molecule has 4 nitrogen and oxygen atoms in total. The molecule has 0 saturated heterocycles. The first kappa shape index (κ1) is 21.3. The third-order valence-corrected chi connectivity index (χ3v) is 4.50. The van der Waals surface area contributed by atoms with Crippen molar-refractivity contribution >= 4 is 23.1 Å². The molecule has 1 heterocycles. The highest BCUT2D eigenvalue weighted by atomic mass is 35.5. The lowest BCUT2D eigenvalue weighted by Crippen LogP contribution is -2.14. The summed E-state index contributed by atoms with van der Waals surface area (Å²) < 4.78 is 39.6. The zero-order chi connectivity index (χ0) is 20.2. The number of aromatic nitrogens is 2. The smallest absolute Gasteiger partial charge is 0.388 e. The van der Waals surface area contributed by atoms with Crippen molar-refractivity contribution in [1.82, 2.24) is 9.97 Å². The minimum atomic E-state index is -4.41.